The molecule has 1 aliphatic rings. The van der Waals surface area contributed by atoms with Crippen LogP contribution in [0, 0.1) is 0 Å². The predicted molar refractivity (Wildman–Crippen MR) is 76.2 cm³/mol. The Bertz CT molecular complexity index is 467. The highest BCUT2D eigenvalue weighted by atomic mass is 16.6. The van der Waals surface area contributed by atoms with Crippen LogP contribution in [0.15, 0.2) is 12.4 Å². The molecular weight excluding hydrogens is 256 g/mol. The normalized spacial score (nSPS) is 19.8. The Kier molecular flexibility index (Phi) is 4.11. The van der Waals surface area contributed by atoms with Gasteiger partial charge in [0.05, 0.1) is 18.1 Å². The molecule has 6 nitrogen and oxygen atoms in total. The first-order valence-corrected chi connectivity index (χ1v) is 6.90. The minimum atomic E-state index is -0.471. The molecule has 6 heteroatoms. The van der Waals surface area contributed by atoms with Gasteiger partial charge in [-0.2, -0.15) is 0 Å². The fourth-order valence-electron chi connectivity index (χ4n) is 2.24. The van der Waals surface area contributed by atoms with Crippen molar-refractivity contribution in [1.29, 1.82) is 0 Å². The van der Waals surface area contributed by atoms with E-state index in [0.717, 1.165) is 25.2 Å². The second-order valence-electron chi connectivity index (χ2n) is 6.14. The zero-order chi connectivity index (χ0) is 14.8. The zero-order valence-electron chi connectivity index (χ0n) is 12.3. The van der Waals surface area contributed by atoms with Gasteiger partial charge in [0.2, 0.25) is 0 Å². The molecule has 0 bridgehead atoms. The number of nitrogen functional groups attached to an aromatic ring is 1. The highest BCUT2D eigenvalue weighted by Crippen LogP contribution is 2.25. The first kappa shape index (κ1) is 14.6. The number of piperidine rings is 1. The van der Waals surface area contributed by atoms with E-state index < -0.39 is 5.60 Å². The number of nitrogens with zero attached hydrogens (tertiary/aromatic N) is 3. The van der Waals surface area contributed by atoms with E-state index in [0.29, 0.717) is 12.2 Å². The van der Waals surface area contributed by atoms with Crippen molar-refractivity contribution in [2.75, 3.05) is 18.8 Å². The summed E-state index contributed by atoms with van der Waals surface area (Å²) in [5.41, 5.74) is 5.67. The van der Waals surface area contributed by atoms with Crippen LogP contribution >= 0.6 is 0 Å². The number of nitrogens with two attached hydrogens (primary N) is 1. The van der Waals surface area contributed by atoms with E-state index in [1.165, 1.54) is 0 Å². The average Bonchev–Trinajstić information content (AvgIpc) is 2.38. The van der Waals surface area contributed by atoms with Crippen molar-refractivity contribution in [1.82, 2.24) is 14.9 Å². The van der Waals surface area contributed by atoms with Crippen LogP contribution in [0.4, 0.5) is 10.5 Å². The van der Waals surface area contributed by atoms with Gasteiger partial charge in [-0.1, -0.05) is 0 Å². The summed E-state index contributed by atoms with van der Waals surface area (Å²) in [5.74, 6) is 0.893. The number of likely N-dealkylation sites (tertiary alicyclic amines) is 1. The van der Waals surface area contributed by atoms with Crippen LogP contribution < -0.4 is 5.73 Å². The van der Waals surface area contributed by atoms with Gasteiger partial charge in [0.25, 0.3) is 0 Å². The number of hydrogen-bond acceptors (Lipinski definition) is 5. The SMILES string of the molecule is CC(C)(C)OC(=O)N1CCCC(c2ncc(N)cn2)C1. The van der Waals surface area contributed by atoms with Gasteiger partial charge in [-0.25, -0.2) is 14.8 Å². The maximum atomic E-state index is 12.1. The third kappa shape index (κ3) is 3.82. The highest BCUT2D eigenvalue weighted by molar-refractivity contribution is 5.68. The van der Waals surface area contributed by atoms with E-state index in [9.17, 15) is 4.79 Å². The molecule has 2 N–H and O–H groups in total. The summed E-state index contributed by atoms with van der Waals surface area (Å²) in [6.45, 7) is 6.93. The van der Waals surface area contributed by atoms with Gasteiger partial charge in [0, 0.05) is 19.0 Å². The topological polar surface area (TPSA) is 81.3 Å². The lowest BCUT2D eigenvalue weighted by molar-refractivity contribution is 0.0196. The van der Waals surface area contributed by atoms with Crippen LogP contribution in [0.2, 0.25) is 0 Å². The summed E-state index contributed by atoms with van der Waals surface area (Å²) >= 11 is 0. The van der Waals surface area contributed by atoms with E-state index >= 15 is 0 Å². The lowest BCUT2D eigenvalue weighted by atomic mass is 9.97. The van der Waals surface area contributed by atoms with Crippen molar-refractivity contribution in [3.8, 4) is 0 Å². The van der Waals surface area contributed by atoms with Gasteiger partial charge in [-0.3, -0.25) is 0 Å². The Morgan fingerprint density at radius 3 is 2.65 bits per heavy atom. The smallest absolute Gasteiger partial charge is 0.410 e. The molecule has 110 valence electrons. The first-order valence-electron chi connectivity index (χ1n) is 6.90. The summed E-state index contributed by atoms with van der Waals surface area (Å²) in [6, 6.07) is 0. The van der Waals surface area contributed by atoms with E-state index in [1.807, 2.05) is 20.8 Å². The molecule has 0 aromatic carbocycles. The van der Waals surface area contributed by atoms with Gasteiger partial charge in [0.15, 0.2) is 0 Å². The molecule has 1 aliphatic heterocycles. The molecule has 0 spiro atoms. The molecule has 0 aliphatic carbocycles. The van der Waals surface area contributed by atoms with Crippen molar-refractivity contribution in [2.45, 2.75) is 45.1 Å². The number of amides is 1. The molecule has 1 aromatic rings. The summed E-state index contributed by atoms with van der Waals surface area (Å²) < 4.78 is 5.41. The predicted octanol–water partition coefficient (Wildman–Crippen LogP) is 2.17. The molecule has 1 amide bonds. The van der Waals surface area contributed by atoms with E-state index in [4.69, 9.17) is 10.5 Å². The second-order valence-corrected chi connectivity index (χ2v) is 6.14. The number of ether oxygens (including phenoxy) is 1. The monoisotopic (exact) mass is 278 g/mol. The van der Waals surface area contributed by atoms with Crippen molar-refractivity contribution in [3.05, 3.63) is 18.2 Å². The van der Waals surface area contributed by atoms with Gasteiger partial charge in [0.1, 0.15) is 11.4 Å². The number of hydrogen-bond donors (Lipinski definition) is 1. The molecule has 20 heavy (non-hydrogen) atoms. The van der Waals surface area contributed by atoms with Crippen LogP contribution in [-0.4, -0.2) is 39.7 Å². The lowest BCUT2D eigenvalue weighted by Crippen LogP contribution is -2.42. The Balaban J connectivity index is 2.01. The molecule has 1 aromatic heterocycles. The Hall–Kier alpha value is -1.85. The molecule has 1 atom stereocenters. The first-order chi connectivity index (χ1) is 9.35. The average molecular weight is 278 g/mol. The van der Waals surface area contributed by atoms with Crippen LogP contribution in [0.3, 0.4) is 0 Å². The number of carbonyl (C=O) groups excluding carboxylic acids is 1. The minimum Gasteiger partial charge on any atom is -0.444 e. The number of anilines is 1. The lowest BCUT2D eigenvalue weighted by Gasteiger charge is -2.33. The third-order valence-electron chi connectivity index (χ3n) is 3.13. The Morgan fingerprint density at radius 2 is 2.05 bits per heavy atom. The zero-order valence-corrected chi connectivity index (χ0v) is 12.3. The summed E-state index contributed by atoms with van der Waals surface area (Å²) in [5, 5.41) is 0. The second kappa shape index (κ2) is 5.64. The standard InChI is InChI=1S/C14H22N4O2/c1-14(2,3)20-13(19)18-6-4-5-10(9-18)12-16-7-11(15)8-17-12/h7-8,10H,4-6,9,15H2,1-3H3. The van der Waals surface area contributed by atoms with E-state index in [2.05, 4.69) is 9.97 Å². The fraction of sp³-hybridized carbons (Fsp3) is 0.643. The molecule has 0 radical (unpaired) electrons. The third-order valence-corrected chi connectivity index (χ3v) is 3.13. The Morgan fingerprint density at radius 1 is 1.40 bits per heavy atom. The maximum absolute atomic E-state index is 12.1. The van der Waals surface area contributed by atoms with Crippen molar-refractivity contribution < 1.29 is 9.53 Å². The van der Waals surface area contributed by atoms with Gasteiger partial charge < -0.3 is 15.4 Å². The maximum Gasteiger partial charge on any atom is 0.410 e. The molecule has 1 unspecified atom stereocenters. The number of rotatable bonds is 1. The fourth-order valence-corrected chi connectivity index (χ4v) is 2.24. The summed E-state index contributed by atoms with van der Waals surface area (Å²) in [6.07, 6.45) is 4.85. The molecule has 2 heterocycles. The van der Waals surface area contributed by atoms with E-state index in [-0.39, 0.29) is 12.0 Å². The van der Waals surface area contributed by atoms with Crippen LogP contribution in [0.5, 0.6) is 0 Å². The highest BCUT2D eigenvalue weighted by Gasteiger charge is 2.29. The molecule has 1 fully saturated rings. The van der Waals surface area contributed by atoms with Crippen LogP contribution in [0.25, 0.3) is 0 Å². The van der Waals surface area contributed by atoms with Gasteiger partial charge in [-0.05, 0) is 33.6 Å². The quantitative estimate of drug-likeness (QED) is 0.851. The van der Waals surface area contributed by atoms with Crippen LogP contribution in [0.1, 0.15) is 45.4 Å². The van der Waals surface area contributed by atoms with Crippen molar-refractivity contribution >= 4 is 11.8 Å². The Labute approximate surface area is 119 Å². The molecule has 0 saturated carbocycles. The van der Waals surface area contributed by atoms with Crippen LogP contribution in [-0.2, 0) is 4.74 Å². The van der Waals surface area contributed by atoms with Crippen molar-refractivity contribution in [3.63, 3.8) is 0 Å². The van der Waals surface area contributed by atoms with Gasteiger partial charge in [-0.15, -0.1) is 0 Å². The molecule has 2 rings (SSSR count). The van der Waals surface area contributed by atoms with Gasteiger partial charge >= 0.3 is 6.09 Å². The molecule has 1 saturated heterocycles. The minimum absolute atomic E-state index is 0.150. The summed E-state index contributed by atoms with van der Waals surface area (Å²) in [7, 11) is 0. The number of carbonyl (C=O) groups is 1. The van der Waals surface area contributed by atoms with Crippen molar-refractivity contribution in [2.24, 2.45) is 0 Å². The molecular formula is C14H22N4O2. The van der Waals surface area contributed by atoms with E-state index in [1.54, 1.807) is 17.3 Å². The summed E-state index contributed by atoms with van der Waals surface area (Å²) in [4.78, 5) is 22.3. The largest absolute Gasteiger partial charge is 0.444 e. The number of aromatic nitrogens is 2.